The summed E-state index contributed by atoms with van der Waals surface area (Å²) < 4.78 is 25.5. The maximum absolute atomic E-state index is 12.0. The largest absolute Gasteiger partial charge is 0.361 e. The van der Waals surface area contributed by atoms with Gasteiger partial charge in [0.25, 0.3) is 0 Å². The van der Waals surface area contributed by atoms with Crippen LogP contribution in [0, 0.1) is 0 Å². The second-order valence-electron chi connectivity index (χ2n) is 7.18. The molecular formula is C20H32IN5O2S. The van der Waals surface area contributed by atoms with Crippen LogP contribution < -0.4 is 10.6 Å². The van der Waals surface area contributed by atoms with Crippen LogP contribution in [0.4, 0.5) is 0 Å². The van der Waals surface area contributed by atoms with Gasteiger partial charge in [0, 0.05) is 49.8 Å². The fraction of sp³-hybridized carbons (Fsp3) is 0.550. The Labute approximate surface area is 190 Å². The Hall–Kier alpha value is -1.33. The minimum Gasteiger partial charge on any atom is -0.361 e. The molecule has 3 N–H and O–H groups in total. The van der Waals surface area contributed by atoms with Crippen molar-refractivity contribution in [2.45, 2.75) is 38.6 Å². The molecule has 0 unspecified atom stereocenters. The van der Waals surface area contributed by atoms with E-state index in [1.54, 1.807) is 18.3 Å². The number of H-pyrrole nitrogens is 1. The number of hydrogen-bond acceptors (Lipinski definition) is 3. The molecule has 0 aliphatic carbocycles. The van der Waals surface area contributed by atoms with Crippen LogP contribution in [0.3, 0.4) is 0 Å². The minimum atomic E-state index is -3.08. The zero-order valence-electron chi connectivity index (χ0n) is 17.1. The predicted molar refractivity (Wildman–Crippen MR) is 131 cm³/mol. The molecule has 1 fully saturated rings. The van der Waals surface area contributed by atoms with Crippen molar-refractivity contribution in [1.82, 2.24) is 19.9 Å². The van der Waals surface area contributed by atoms with Gasteiger partial charge < -0.3 is 15.6 Å². The molecule has 1 aromatic heterocycles. The van der Waals surface area contributed by atoms with Crippen molar-refractivity contribution in [2.75, 3.05) is 32.4 Å². The summed E-state index contributed by atoms with van der Waals surface area (Å²) in [6, 6.07) is 8.62. The first-order valence-corrected chi connectivity index (χ1v) is 11.6. The molecule has 0 atom stereocenters. The predicted octanol–water partition coefficient (Wildman–Crippen LogP) is 2.70. The van der Waals surface area contributed by atoms with Gasteiger partial charge in [0.1, 0.15) is 0 Å². The number of piperidine rings is 1. The van der Waals surface area contributed by atoms with Crippen LogP contribution in [-0.4, -0.2) is 62.1 Å². The number of rotatable bonds is 7. The van der Waals surface area contributed by atoms with Gasteiger partial charge >= 0.3 is 0 Å². The van der Waals surface area contributed by atoms with Gasteiger partial charge in [-0.2, -0.15) is 0 Å². The monoisotopic (exact) mass is 533 g/mol. The molecule has 162 valence electrons. The average molecular weight is 533 g/mol. The molecule has 0 radical (unpaired) electrons. The van der Waals surface area contributed by atoms with Gasteiger partial charge in [0.05, 0.1) is 5.75 Å². The van der Waals surface area contributed by atoms with E-state index in [0.29, 0.717) is 13.1 Å². The summed E-state index contributed by atoms with van der Waals surface area (Å²) in [6.45, 7) is 3.68. The number of aryl methyl sites for hydroxylation is 1. The highest BCUT2D eigenvalue weighted by atomic mass is 127. The molecule has 0 amide bonds. The smallest absolute Gasteiger partial charge is 0.213 e. The number of guanidine groups is 1. The number of nitrogens with one attached hydrogen (secondary N) is 3. The van der Waals surface area contributed by atoms with Gasteiger partial charge in [-0.15, -0.1) is 24.0 Å². The van der Waals surface area contributed by atoms with Crippen LogP contribution in [0.2, 0.25) is 0 Å². The lowest BCUT2D eigenvalue weighted by Gasteiger charge is -2.32. The lowest BCUT2D eigenvalue weighted by molar-refractivity contribution is 0.306. The molecule has 1 aliphatic heterocycles. The van der Waals surface area contributed by atoms with Gasteiger partial charge in [0.15, 0.2) is 5.96 Å². The quantitative estimate of drug-likeness (QED) is 0.221. The highest BCUT2D eigenvalue weighted by Crippen LogP contribution is 2.18. The number of sulfonamides is 1. The number of halogens is 1. The van der Waals surface area contributed by atoms with Crippen LogP contribution in [-0.2, 0) is 16.4 Å². The Morgan fingerprint density at radius 1 is 1.28 bits per heavy atom. The van der Waals surface area contributed by atoms with E-state index in [-0.39, 0.29) is 35.8 Å². The Kier molecular flexibility index (Phi) is 9.22. The van der Waals surface area contributed by atoms with Crippen molar-refractivity contribution >= 4 is 50.9 Å². The highest BCUT2D eigenvalue weighted by Gasteiger charge is 2.26. The fourth-order valence-corrected chi connectivity index (χ4v) is 4.81. The zero-order chi connectivity index (χ0) is 20.0. The summed E-state index contributed by atoms with van der Waals surface area (Å²) in [5, 5.41) is 8.10. The first-order valence-electron chi connectivity index (χ1n) is 10.0. The van der Waals surface area contributed by atoms with Crippen LogP contribution in [0.25, 0.3) is 10.9 Å². The van der Waals surface area contributed by atoms with Crippen molar-refractivity contribution < 1.29 is 8.42 Å². The third kappa shape index (κ3) is 6.32. The number of hydrogen-bond donors (Lipinski definition) is 3. The van der Waals surface area contributed by atoms with Crippen molar-refractivity contribution in [3.05, 3.63) is 36.0 Å². The van der Waals surface area contributed by atoms with Gasteiger partial charge in [-0.3, -0.25) is 4.99 Å². The van der Waals surface area contributed by atoms with Gasteiger partial charge in [-0.1, -0.05) is 18.2 Å². The van der Waals surface area contributed by atoms with Gasteiger partial charge in [-0.05, 0) is 44.2 Å². The second-order valence-corrected chi connectivity index (χ2v) is 9.44. The van der Waals surface area contributed by atoms with E-state index < -0.39 is 10.0 Å². The zero-order valence-corrected chi connectivity index (χ0v) is 20.3. The average Bonchev–Trinajstić information content (AvgIpc) is 3.14. The molecule has 29 heavy (non-hydrogen) atoms. The Bertz CT molecular complexity index is 904. The molecule has 1 saturated heterocycles. The Balaban J connectivity index is 0.00000300. The van der Waals surface area contributed by atoms with Crippen molar-refractivity contribution in [3.63, 3.8) is 0 Å². The Morgan fingerprint density at radius 3 is 2.69 bits per heavy atom. The maximum Gasteiger partial charge on any atom is 0.213 e. The van der Waals surface area contributed by atoms with Crippen LogP contribution in [0.1, 0.15) is 31.7 Å². The van der Waals surface area contributed by atoms with E-state index in [9.17, 15) is 8.42 Å². The molecule has 0 bridgehead atoms. The van der Waals surface area contributed by atoms with E-state index in [4.69, 9.17) is 0 Å². The molecule has 2 aromatic rings. The van der Waals surface area contributed by atoms with Crippen molar-refractivity contribution in [2.24, 2.45) is 4.99 Å². The summed E-state index contributed by atoms with van der Waals surface area (Å²) in [5.41, 5.74) is 2.52. The number of aromatic amines is 1. The summed E-state index contributed by atoms with van der Waals surface area (Å²) >= 11 is 0. The van der Waals surface area contributed by atoms with Crippen LogP contribution in [0.15, 0.2) is 35.5 Å². The molecule has 1 aliphatic rings. The third-order valence-electron chi connectivity index (χ3n) is 5.37. The molecule has 9 heteroatoms. The number of fused-ring (bicyclic) bond motifs is 1. The summed E-state index contributed by atoms with van der Waals surface area (Å²) in [6.07, 6.45) is 5.71. The fourth-order valence-electron chi connectivity index (χ4n) is 3.67. The molecule has 3 rings (SSSR count). The molecule has 7 nitrogen and oxygen atoms in total. The van der Waals surface area contributed by atoms with E-state index in [0.717, 1.165) is 38.2 Å². The molecule has 1 aromatic carbocycles. The lowest BCUT2D eigenvalue weighted by Crippen LogP contribution is -2.50. The molecule has 0 saturated carbocycles. The third-order valence-corrected chi connectivity index (χ3v) is 7.25. The standard InChI is InChI=1S/C20H31N5O2S.HI/c1-3-28(26,27)25-13-10-17(11-14-25)24-20(21-2)22-12-6-7-16-15-23-19-9-5-4-8-18(16)19;/h4-5,8-9,15,17,23H,3,6-7,10-14H2,1-2H3,(H2,21,22,24);1H. The molecule has 0 spiro atoms. The van der Waals surface area contributed by atoms with Crippen LogP contribution in [0.5, 0.6) is 0 Å². The van der Waals surface area contributed by atoms with E-state index in [2.05, 4.69) is 45.0 Å². The van der Waals surface area contributed by atoms with E-state index in [1.165, 1.54) is 16.5 Å². The van der Waals surface area contributed by atoms with Gasteiger partial charge in [-0.25, -0.2) is 12.7 Å². The molecule has 2 heterocycles. The molecular weight excluding hydrogens is 501 g/mol. The normalized spacial score (nSPS) is 16.6. The first kappa shape index (κ1) is 23.9. The van der Waals surface area contributed by atoms with Crippen molar-refractivity contribution in [1.29, 1.82) is 0 Å². The van der Waals surface area contributed by atoms with E-state index in [1.807, 2.05) is 6.07 Å². The number of para-hydroxylation sites is 1. The highest BCUT2D eigenvalue weighted by molar-refractivity contribution is 14.0. The Morgan fingerprint density at radius 2 is 2.00 bits per heavy atom. The minimum absolute atomic E-state index is 0. The number of aliphatic imine (C=N–C) groups is 1. The summed E-state index contributed by atoms with van der Waals surface area (Å²) in [5.74, 6) is 0.959. The summed E-state index contributed by atoms with van der Waals surface area (Å²) in [7, 11) is -1.31. The number of benzene rings is 1. The first-order chi connectivity index (χ1) is 13.5. The summed E-state index contributed by atoms with van der Waals surface area (Å²) in [4.78, 5) is 7.63. The van der Waals surface area contributed by atoms with Gasteiger partial charge in [0.2, 0.25) is 10.0 Å². The second kappa shape index (κ2) is 11.2. The number of aromatic nitrogens is 1. The SMILES string of the molecule is CCS(=O)(=O)N1CCC(NC(=NC)NCCCc2c[nH]c3ccccc23)CC1.I. The maximum atomic E-state index is 12.0. The lowest BCUT2D eigenvalue weighted by atomic mass is 10.1. The van der Waals surface area contributed by atoms with Crippen molar-refractivity contribution in [3.8, 4) is 0 Å². The number of nitrogens with zero attached hydrogens (tertiary/aromatic N) is 2. The van der Waals surface area contributed by atoms with E-state index >= 15 is 0 Å². The topological polar surface area (TPSA) is 89.6 Å². The van der Waals surface area contributed by atoms with Crippen LogP contribution >= 0.6 is 24.0 Å².